The van der Waals surface area contributed by atoms with Gasteiger partial charge in [-0.15, -0.1) is 11.3 Å². The topological polar surface area (TPSA) is 87.6 Å². The summed E-state index contributed by atoms with van der Waals surface area (Å²) in [7, 11) is -3.71. The third-order valence-electron chi connectivity index (χ3n) is 5.18. The van der Waals surface area contributed by atoms with E-state index in [0.29, 0.717) is 6.42 Å². The lowest BCUT2D eigenvalue weighted by molar-refractivity contribution is -0.149. The third-order valence-corrected chi connectivity index (χ3v) is 7.81. The van der Waals surface area contributed by atoms with Crippen LogP contribution in [0.25, 0.3) is 10.2 Å². The molecule has 2 aromatic heterocycles. The number of pyridine rings is 1. The summed E-state index contributed by atoms with van der Waals surface area (Å²) in [6.45, 7) is 0.356. The van der Waals surface area contributed by atoms with E-state index in [2.05, 4.69) is 4.98 Å². The molecule has 0 amide bonds. The SMILES string of the molecule is O=C(O)[C@@]12CCC[C@H]1CN(S(=O)(=O)c1cnc3ccsc3c1)C2. The lowest BCUT2D eigenvalue weighted by Gasteiger charge is -2.23. The predicted molar refractivity (Wildman–Crippen MR) is 85.8 cm³/mol. The van der Waals surface area contributed by atoms with Crippen molar-refractivity contribution in [2.45, 2.75) is 24.2 Å². The number of sulfonamides is 1. The molecule has 1 saturated heterocycles. The second kappa shape index (κ2) is 4.99. The van der Waals surface area contributed by atoms with Crippen molar-refractivity contribution in [3.05, 3.63) is 23.7 Å². The van der Waals surface area contributed by atoms with Crippen molar-refractivity contribution < 1.29 is 18.3 Å². The van der Waals surface area contributed by atoms with Gasteiger partial charge in [-0.25, -0.2) is 8.42 Å². The normalized spacial score (nSPS) is 28.3. The minimum atomic E-state index is -3.71. The molecule has 1 aliphatic heterocycles. The van der Waals surface area contributed by atoms with Gasteiger partial charge in [0.15, 0.2) is 0 Å². The van der Waals surface area contributed by atoms with Gasteiger partial charge in [0.2, 0.25) is 10.0 Å². The molecule has 0 unspecified atom stereocenters. The van der Waals surface area contributed by atoms with E-state index in [1.807, 2.05) is 11.4 Å². The fourth-order valence-corrected chi connectivity index (χ4v) is 6.28. The maximum Gasteiger partial charge on any atom is 0.311 e. The maximum absolute atomic E-state index is 12.9. The fraction of sp³-hybridized carbons (Fsp3) is 0.467. The molecule has 0 spiro atoms. The molecule has 23 heavy (non-hydrogen) atoms. The first kappa shape index (κ1) is 15.0. The van der Waals surface area contributed by atoms with E-state index in [4.69, 9.17) is 0 Å². The highest BCUT2D eigenvalue weighted by atomic mass is 32.2. The quantitative estimate of drug-likeness (QED) is 0.915. The number of aromatic nitrogens is 1. The zero-order chi connectivity index (χ0) is 16.2. The molecule has 0 aromatic carbocycles. The zero-order valence-electron chi connectivity index (χ0n) is 12.3. The Morgan fingerprint density at radius 1 is 1.48 bits per heavy atom. The van der Waals surface area contributed by atoms with Gasteiger partial charge in [-0.05, 0) is 36.3 Å². The van der Waals surface area contributed by atoms with Gasteiger partial charge in [0.05, 0.1) is 15.6 Å². The molecule has 1 saturated carbocycles. The van der Waals surface area contributed by atoms with Gasteiger partial charge in [-0.3, -0.25) is 9.78 Å². The summed E-state index contributed by atoms with van der Waals surface area (Å²) >= 11 is 1.44. The number of nitrogens with zero attached hydrogens (tertiary/aromatic N) is 2. The number of hydrogen-bond acceptors (Lipinski definition) is 5. The maximum atomic E-state index is 12.9. The first-order chi connectivity index (χ1) is 10.9. The fourth-order valence-electron chi connectivity index (χ4n) is 3.89. The molecule has 2 atom stereocenters. The molecule has 3 heterocycles. The summed E-state index contributed by atoms with van der Waals surface area (Å²) in [6.07, 6.45) is 3.56. The molecule has 1 N–H and O–H groups in total. The average molecular weight is 352 g/mol. The Kier molecular flexibility index (Phi) is 3.26. The summed E-state index contributed by atoms with van der Waals surface area (Å²) in [5, 5.41) is 11.5. The number of carboxylic acid groups (broad SMARTS) is 1. The molecular formula is C15H16N2O4S2. The van der Waals surface area contributed by atoms with E-state index < -0.39 is 21.4 Å². The van der Waals surface area contributed by atoms with Crippen LogP contribution in [0.5, 0.6) is 0 Å². The smallest absolute Gasteiger partial charge is 0.311 e. The van der Waals surface area contributed by atoms with Crippen molar-refractivity contribution in [2.75, 3.05) is 13.1 Å². The van der Waals surface area contributed by atoms with Crippen LogP contribution >= 0.6 is 11.3 Å². The highest BCUT2D eigenvalue weighted by Gasteiger charge is 2.57. The van der Waals surface area contributed by atoms with E-state index in [9.17, 15) is 18.3 Å². The highest BCUT2D eigenvalue weighted by molar-refractivity contribution is 7.89. The van der Waals surface area contributed by atoms with E-state index in [1.165, 1.54) is 21.8 Å². The summed E-state index contributed by atoms with van der Waals surface area (Å²) in [5.41, 5.74) is -0.137. The average Bonchev–Trinajstić information content (AvgIpc) is 3.19. The van der Waals surface area contributed by atoms with E-state index in [-0.39, 0.29) is 23.9 Å². The zero-order valence-corrected chi connectivity index (χ0v) is 13.9. The van der Waals surface area contributed by atoms with Crippen LogP contribution in [0, 0.1) is 11.3 Å². The van der Waals surface area contributed by atoms with Gasteiger partial charge >= 0.3 is 5.97 Å². The van der Waals surface area contributed by atoms with Crippen molar-refractivity contribution in [1.29, 1.82) is 0 Å². The monoisotopic (exact) mass is 352 g/mol. The molecule has 2 aliphatic rings. The number of rotatable bonds is 3. The molecule has 1 aliphatic carbocycles. The van der Waals surface area contributed by atoms with Crippen LogP contribution < -0.4 is 0 Å². The van der Waals surface area contributed by atoms with E-state index >= 15 is 0 Å². The minimum Gasteiger partial charge on any atom is -0.481 e. The van der Waals surface area contributed by atoms with Gasteiger partial charge in [0.1, 0.15) is 4.90 Å². The second-order valence-electron chi connectivity index (χ2n) is 6.32. The van der Waals surface area contributed by atoms with Crippen LogP contribution in [0.4, 0.5) is 0 Å². The second-order valence-corrected chi connectivity index (χ2v) is 9.21. The van der Waals surface area contributed by atoms with Crippen LogP contribution in [-0.2, 0) is 14.8 Å². The molecular weight excluding hydrogens is 336 g/mol. The van der Waals surface area contributed by atoms with E-state index in [1.54, 1.807) is 6.07 Å². The van der Waals surface area contributed by atoms with Crippen molar-refractivity contribution in [3.8, 4) is 0 Å². The van der Waals surface area contributed by atoms with Crippen LogP contribution in [0.3, 0.4) is 0 Å². The van der Waals surface area contributed by atoms with Crippen molar-refractivity contribution >= 4 is 37.5 Å². The molecule has 2 aromatic rings. The van der Waals surface area contributed by atoms with Crippen molar-refractivity contribution in [3.63, 3.8) is 0 Å². The summed E-state index contributed by atoms with van der Waals surface area (Å²) in [6, 6.07) is 3.47. The van der Waals surface area contributed by atoms with Gasteiger partial charge in [-0.2, -0.15) is 4.31 Å². The molecule has 4 rings (SSSR count). The Balaban J connectivity index is 1.71. The number of thiophene rings is 1. The number of carbonyl (C=O) groups is 1. The van der Waals surface area contributed by atoms with Gasteiger partial charge in [-0.1, -0.05) is 6.42 Å². The molecule has 8 heteroatoms. The molecule has 122 valence electrons. The summed E-state index contributed by atoms with van der Waals surface area (Å²) in [5.74, 6) is -0.960. The first-order valence-electron chi connectivity index (χ1n) is 7.50. The molecule has 2 fully saturated rings. The van der Waals surface area contributed by atoms with Crippen molar-refractivity contribution in [1.82, 2.24) is 9.29 Å². The van der Waals surface area contributed by atoms with Gasteiger partial charge in [0, 0.05) is 19.3 Å². The number of carboxylic acids is 1. The van der Waals surface area contributed by atoms with Crippen LogP contribution in [0.1, 0.15) is 19.3 Å². The van der Waals surface area contributed by atoms with Crippen LogP contribution in [0.2, 0.25) is 0 Å². The Morgan fingerprint density at radius 3 is 3.04 bits per heavy atom. The molecule has 0 bridgehead atoms. The van der Waals surface area contributed by atoms with Crippen molar-refractivity contribution in [2.24, 2.45) is 11.3 Å². The van der Waals surface area contributed by atoms with E-state index in [0.717, 1.165) is 23.1 Å². The Hall–Kier alpha value is -1.51. The van der Waals surface area contributed by atoms with Gasteiger partial charge in [0.25, 0.3) is 0 Å². The molecule has 6 nitrogen and oxygen atoms in total. The highest BCUT2D eigenvalue weighted by Crippen LogP contribution is 2.50. The Labute approximate surface area is 137 Å². The minimum absolute atomic E-state index is 0.0673. The Morgan fingerprint density at radius 2 is 2.30 bits per heavy atom. The Bertz CT molecular complexity index is 892. The number of aliphatic carboxylic acids is 1. The summed E-state index contributed by atoms with van der Waals surface area (Å²) < 4.78 is 27.9. The number of hydrogen-bond donors (Lipinski definition) is 1. The predicted octanol–water partition coefficient (Wildman–Crippen LogP) is 2.17. The van der Waals surface area contributed by atoms with Crippen LogP contribution in [0.15, 0.2) is 28.6 Å². The third kappa shape index (κ3) is 2.12. The first-order valence-corrected chi connectivity index (χ1v) is 9.82. The van der Waals surface area contributed by atoms with Crippen LogP contribution in [-0.4, -0.2) is 41.9 Å². The lowest BCUT2D eigenvalue weighted by atomic mass is 9.81. The lowest BCUT2D eigenvalue weighted by Crippen LogP contribution is -2.37. The number of fused-ring (bicyclic) bond motifs is 2. The standard InChI is InChI=1S/C15H16N2O4S2/c18-14(19)15-4-1-2-10(15)8-17(9-15)23(20,21)11-6-13-12(16-7-11)3-5-22-13/h3,5-7,10H,1-2,4,8-9H2,(H,18,19)/t10-,15+/m0/s1. The summed E-state index contributed by atoms with van der Waals surface area (Å²) in [4.78, 5) is 16.1. The largest absolute Gasteiger partial charge is 0.481 e. The van der Waals surface area contributed by atoms with Gasteiger partial charge < -0.3 is 5.11 Å². The molecule has 0 radical (unpaired) electrons.